The molecular formula is C21H25BrN2O3. The minimum Gasteiger partial charge on any atom is -0.495 e. The van der Waals surface area contributed by atoms with Crippen molar-refractivity contribution in [3.8, 4) is 11.5 Å². The van der Waals surface area contributed by atoms with Crippen molar-refractivity contribution in [3.05, 3.63) is 57.6 Å². The fourth-order valence-corrected chi connectivity index (χ4v) is 3.87. The largest absolute Gasteiger partial charge is 0.495 e. The van der Waals surface area contributed by atoms with Crippen LogP contribution in [-0.2, 0) is 6.54 Å². The van der Waals surface area contributed by atoms with Crippen LogP contribution in [0.25, 0.3) is 0 Å². The minimum atomic E-state index is 0.00893. The topological polar surface area (TPSA) is 42.0 Å². The maximum atomic E-state index is 12.9. The summed E-state index contributed by atoms with van der Waals surface area (Å²) in [6.07, 6.45) is 0. The smallest absolute Gasteiger partial charge is 0.254 e. The third-order valence-corrected chi connectivity index (χ3v) is 5.79. The monoisotopic (exact) mass is 432 g/mol. The lowest BCUT2D eigenvalue weighted by molar-refractivity contribution is 0.0627. The van der Waals surface area contributed by atoms with Gasteiger partial charge in [0.2, 0.25) is 0 Å². The standard InChI is InChI=1S/C21H25BrN2O3/c1-15-6-4-5-7-16(15)14-23-8-10-24(11-9-23)21(25)17-12-18(26-2)20(22)19(13-17)27-3/h4-7,12-13H,8-11,14H2,1-3H3. The van der Waals surface area contributed by atoms with Crippen molar-refractivity contribution in [1.82, 2.24) is 9.80 Å². The van der Waals surface area contributed by atoms with Crippen LogP contribution in [-0.4, -0.2) is 56.1 Å². The molecule has 1 amide bonds. The SMILES string of the molecule is COc1cc(C(=O)N2CCN(Cc3ccccc3C)CC2)cc(OC)c1Br. The van der Waals surface area contributed by atoms with Crippen molar-refractivity contribution < 1.29 is 14.3 Å². The third kappa shape index (κ3) is 4.45. The Morgan fingerprint density at radius 2 is 1.63 bits per heavy atom. The summed E-state index contributed by atoms with van der Waals surface area (Å²) >= 11 is 3.44. The molecule has 1 saturated heterocycles. The number of hydrogen-bond donors (Lipinski definition) is 0. The number of ether oxygens (including phenoxy) is 2. The number of carbonyl (C=O) groups is 1. The summed E-state index contributed by atoms with van der Waals surface area (Å²) in [5, 5.41) is 0. The van der Waals surface area contributed by atoms with Crippen LogP contribution in [0.3, 0.4) is 0 Å². The number of carbonyl (C=O) groups excluding carboxylic acids is 1. The molecule has 0 aromatic heterocycles. The van der Waals surface area contributed by atoms with Gasteiger partial charge in [0.05, 0.1) is 14.2 Å². The van der Waals surface area contributed by atoms with Crippen molar-refractivity contribution in [3.63, 3.8) is 0 Å². The molecule has 2 aromatic carbocycles. The predicted molar refractivity (Wildman–Crippen MR) is 110 cm³/mol. The Kier molecular flexibility index (Phi) is 6.39. The lowest BCUT2D eigenvalue weighted by Gasteiger charge is -2.35. The maximum Gasteiger partial charge on any atom is 0.254 e. The summed E-state index contributed by atoms with van der Waals surface area (Å²) in [5.41, 5.74) is 3.24. The van der Waals surface area contributed by atoms with Crippen LogP contribution >= 0.6 is 15.9 Å². The fourth-order valence-electron chi connectivity index (χ4n) is 3.31. The molecule has 0 aliphatic carbocycles. The highest BCUT2D eigenvalue weighted by Gasteiger charge is 2.24. The van der Waals surface area contributed by atoms with Crippen LogP contribution in [0.5, 0.6) is 11.5 Å². The molecule has 0 atom stereocenters. The van der Waals surface area contributed by atoms with Crippen LogP contribution in [0.15, 0.2) is 40.9 Å². The van der Waals surface area contributed by atoms with Crippen molar-refractivity contribution in [2.24, 2.45) is 0 Å². The molecule has 5 nitrogen and oxygen atoms in total. The fraction of sp³-hybridized carbons (Fsp3) is 0.381. The molecule has 0 saturated carbocycles. The second-order valence-electron chi connectivity index (χ2n) is 6.69. The van der Waals surface area contributed by atoms with Gasteiger partial charge >= 0.3 is 0 Å². The van der Waals surface area contributed by atoms with E-state index in [1.165, 1.54) is 11.1 Å². The number of amides is 1. The quantitative estimate of drug-likeness (QED) is 0.721. The van der Waals surface area contributed by atoms with Crippen molar-refractivity contribution in [2.75, 3.05) is 40.4 Å². The molecule has 144 valence electrons. The third-order valence-electron chi connectivity index (χ3n) is 5.01. The Balaban J connectivity index is 1.66. The lowest BCUT2D eigenvalue weighted by Crippen LogP contribution is -2.48. The van der Waals surface area contributed by atoms with Gasteiger partial charge in [-0.05, 0) is 46.1 Å². The molecule has 27 heavy (non-hydrogen) atoms. The first-order chi connectivity index (χ1) is 13.0. The molecule has 0 unspecified atom stereocenters. The summed E-state index contributed by atoms with van der Waals surface area (Å²) in [6, 6.07) is 12.0. The Morgan fingerprint density at radius 3 is 2.19 bits per heavy atom. The number of piperazine rings is 1. The number of hydrogen-bond acceptors (Lipinski definition) is 4. The Labute approximate surface area is 169 Å². The molecule has 0 N–H and O–H groups in total. The van der Waals surface area contributed by atoms with Crippen LogP contribution in [0.4, 0.5) is 0 Å². The molecule has 6 heteroatoms. The summed E-state index contributed by atoms with van der Waals surface area (Å²) < 4.78 is 11.4. The van der Waals surface area contributed by atoms with Crippen molar-refractivity contribution in [1.29, 1.82) is 0 Å². The summed E-state index contributed by atoms with van der Waals surface area (Å²) in [6.45, 7) is 6.23. The molecular weight excluding hydrogens is 408 g/mol. The summed E-state index contributed by atoms with van der Waals surface area (Å²) in [4.78, 5) is 17.2. The van der Waals surface area contributed by atoms with Gasteiger partial charge in [0.1, 0.15) is 16.0 Å². The van der Waals surface area contributed by atoms with E-state index in [1.54, 1.807) is 26.4 Å². The predicted octanol–water partition coefficient (Wildman–Crippen LogP) is 3.73. The second-order valence-corrected chi connectivity index (χ2v) is 7.48. The Morgan fingerprint density at radius 1 is 1.04 bits per heavy atom. The number of nitrogens with zero attached hydrogens (tertiary/aromatic N) is 2. The number of benzene rings is 2. The van der Waals surface area contributed by atoms with Crippen LogP contribution in [0.2, 0.25) is 0 Å². The summed E-state index contributed by atoms with van der Waals surface area (Å²) in [7, 11) is 3.16. The first-order valence-electron chi connectivity index (χ1n) is 9.01. The second kappa shape index (κ2) is 8.76. The van der Waals surface area contributed by atoms with Gasteiger partial charge in [0.25, 0.3) is 5.91 Å². The molecule has 0 spiro atoms. The zero-order chi connectivity index (χ0) is 19.4. The van der Waals surface area contributed by atoms with E-state index in [0.717, 1.165) is 19.6 Å². The Bertz CT molecular complexity index is 792. The average molecular weight is 433 g/mol. The van der Waals surface area contributed by atoms with E-state index in [0.29, 0.717) is 34.6 Å². The van der Waals surface area contributed by atoms with E-state index in [1.807, 2.05) is 4.90 Å². The number of rotatable bonds is 5. The molecule has 0 bridgehead atoms. The van der Waals surface area contributed by atoms with E-state index in [9.17, 15) is 4.79 Å². The van der Waals surface area contributed by atoms with E-state index in [-0.39, 0.29) is 5.91 Å². The first kappa shape index (κ1) is 19.7. The van der Waals surface area contributed by atoms with Gasteiger partial charge in [-0.25, -0.2) is 0 Å². The van der Waals surface area contributed by atoms with E-state index in [2.05, 4.69) is 52.0 Å². The van der Waals surface area contributed by atoms with Gasteiger partial charge in [-0.3, -0.25) is 9.69 Å². The molecule has 3 rings (SSSR count). The van der Waals surface area contributed by atoms with Gasteiger partial charge in [-0.2, -0.15) is 0 Å². The van der Waals surface area contributed by atoms with Crippen LogP contribution in [0.1, 0.15) is 21.5 Å². The molecule has 1 aliphatic rings. The average Bonchev–Trinajstić information content (AvgIpc) is 2.70. The zero-order valence-corrected chi connectivity index (χ0v) is 17.6. The van der Waals surface area contributed by atoms with Gasteiger partial charge in [0.15, 0.2) is 0 Å². The number of halogens is 1. The maximum absolute atomic E-state index is 12.9. The van der Waals surface area contributed by atoms with Crippen LogP contribution in [0, 0.1) is 6.92 Å². The van der Waals surface area contributed by atoms with Gasteiger partial charge in [0, 0.05) is 38.3 Å². The number of aryl methyl sites for hydroxylation is 1. The van der Waals surface area contributed by atoms with Crippen LogP contribution < -0.4 is 9.47 Å². The highest BCUT2D eigenvalue weighted by atomic mass is 79.9. The highest BCUT2D eigenvalue weighted by Crippen LogP contribution is 2.36. The number of methoxy groups -OCH3 is 2. The highest BCUT2D eigenvalue weighted by molar-refractivity contribution is 9.10. The summed E-state index contributed by atoms with van der Waals surface area (Å²) in [5.74, 6) is 1.20. The molecule has 1 aliphatic heterocycles. The minimum absolute atomic E-state index is 0.00893. The lowest BCUT2D eigenvalue weighted by atomic mass is 10.1. The van der Waals surface area contributed by atoms with E-state index in [4.69, 9.17) is 9.47 Å². The molecule has 1 heterocycles. The van der Waals surface area contributed by atoms with Gasteiger partial charge in [-0.1, -0.05) is 24.3 Å². The van der Waals surface area contributed by atoms with Crippen molar-refractivity contribution >= 4 is 21.8 Å². The van der Waals surface area contributed by atoms with E-state index >= 15 is 0 Å². The van der Waals surface area contributed by atoms with E-state index < -0.39 is 0 Å². The van der Waals surface area contributed by atoms with Gasteiger partial charge in [-0.15, -0.1) is 0 Å². The zero-order valence-electron chi connectivity index (χ0n) is 16.0. The molecule has 2 aromatic rings. The van der Waals surface area contributed by atoms with Crippen molar-refractivity contribution in [2.45, 2.75) is 13.5 Å². The Hall–Kier alpha value is -2.05. The molecule has 0 radical (unpaired) electrons. The first-order valence-corrected chi connectivity index (χ1v) is 9.80. The van der Waals surface area contributed by atoms with Gasteiger partial charge < -0.3 is 14.4 Å². The molecule has 1 fully saturated rings. The normalized spacial score (nSPS) is 14.9.